The van der Waals surface area contributed by atoms with Gasteiger partial charge in [-0.3, -0.25) is 19.4 Å². The largest absolute Gasteiger partial charge is 0.384 e. The molecule has 1 unspecified atom stereocenters. The highest BCUT2D eigenvalue weighted by molar-refractivity contribution is 5.99. The van der Waals surface area contributed by atoms with Crippen LogP contribution in [0.4, 0.5) is 5.69 Å². The van der Waals surface area contributed by atoms with Crippen LogP contribution in [0.5, 0.6) is 0 Å². The van der Waals surface area contributed by atoms with Gasteiger partial charge in [-0.05, 0) is 49.2 Å². The number of rotatable bonds is 7. The van der Waals surface area contributed by atoms with Gasteiger partial charge >= 0.3 is 0 Å². The number of aliphatic hydroxyl groups excluding tert-OH is 1. The Balaban J connectivity index is 1.59. The Morgan fingerprint density at radius 3 is 2.76 bits per heavy atom. The van der Waals surface area contributed by atoms with Gasteiger partial charge in [-0.1, -0.05) is 6.07 Å². The Morgan fingerprint density at radius 2 is 2.03 bits per heavy atom. The summed E-state index contributed by atoms with van der Waals surface area (Å²) in [6, 6.07) is 10.5. The van der Waals surface area contributed by atoms with Crippen molar-refractivity contribution >= 4 is 23.4 Å². The van der Waals surface area contributed by atoms with Gasteiger partial charge in [-0.2, -0.15) is 0 Å². The first-order valence-electron chi connectivity index (χ1n) is 9.52. The standard InChI is InChI=1S/C21H24N4O4/c1-14(26)20(28)23-12-15-7-8-22-17(10-15)13-24-21(29)16-4-2-5-18(11-16)25-9-3-6-19(25)27/h2,4-5,7-8,10-11,14,26H,3,6,9,12-13H2,1H3,(H,23,28)(H,24,29). The molecule has 0 saturated carbocycles. The molecule has 0 spiro atoms. The molecule has 2 aromatic rings. The first kappa shape index (κ1) is 20.5. The molecule has 1 aliphatic rings. The number of hydrogen-bond acceptors (Lipinski definition) is 5. The number of pyridine rings is 1. The maximum Gasteiger partial charge on any atom is 0.251 e. The third kappa shape index (κ3) is 5.39. The topological polar surface area (TPSA) is 112 Å². The number of benzene rings is 1. The Bertz CT molecular complexity index is 913. The van der Waals surface area contributed by atoms with Crippen LogP contribution in [0.2, 0.25) is 0 Å². The Labute approximate surface area is 168 Å². The second-order valence-corrected chi connectivity index (χ2v) is 6.93. The molecule has 2 heterocycles. The van der Waals surface area contributed by atoms with Crippen molar-refractivity contribution in [2.24, 2.45) is 0 Å². The number of aliphatic hydroxyl groups is 1. The van der Waals surface area contributed by atoms with E-state index in [1.165, 1.54) is 6.92 Å². The third-order valence-electron chi connectivity index (χ3n) is 4.65. The molecule has 0 aliphatic carbocycles. The summed E-state index contributed by atoms with van der Waals surface area (Å²) in [5.74, 6) is -0.632. The van der Waals surface area contributed by atoms with Crippen LogP contribution in [0.3, 0.4) is 0 Å². The maximum atomic E-state index is 12.5. The van der Waals surface area contributed by atoms with Crippen LogP contribution in [0.1, 0.15) is 41.4 Å². The zero-order valence-electron chi connectivity index (χ0n) is 16.2. The van der Waals surface area contributed by atoms with Gasteiger partial charge in [0, 0.05) is 37.0 Å². The highest BCUT2D eigenvalue weighted by Crippen LogP contribution is 2.22. The van der Waals surface area contributed by atoms with E-state index in [9.17, 15) is 19.5 Å². The lowest BCUT2D eigenvalue weighted by Crippen LogP contribution is -2.32. The third-order valence-corrected chi connectivity index (χ3v) is 4.65. The zero-order valence-corrected chi connectivity index (χ0v) is 16.2. The Morgan fingerprint density at radius 1 is 1.21 bits per heavy atom. The molecule has 8 heteroatoms. The average Bonchev–Trinajstić information content (AvgIpc) is 3.16. The van der Waals surface area contributed by atoms with E-state index in [4.69, 9.17) is 0 Å². The molecule has 3 amide bonds. The summed E-state index contributed by atoms with van der Waals surface area (Å²) < 4.78 is 0. The normalized spacial score (nSPS) is 14.6. The molecule has 152 valence electrons. The summed E-state index contributed by atoms with van der Waals surface area (Å²) in [6.45, 7) is 2.56. The molecule has 1 atom stereocenters. The van der Waals surface area contributed by atoms with Crippen molar-refractivity contribution in [3.8, 4) is 0 Å². The number of nitrogens with zero attached hydrogens (tertiary/aromatic N) is 2. The van der Waals surface area contributed by atoms with Gasteiger partial charge in [-0.15, -0.1) is 0 Å². The monoisotopic (exact) mass is 396 g/mol. The van der Waals surface area contributed by atoms with Crippen molar-refractivity contribution in [1.29, 1.82) is 0 Å². The summed E-state index contributed by atoms with van der Waals surface area (Å²) >= 11 is 0. The van der Waals surface area contributed by atoms with E-state index >= 15 is 0 Å². The highest BCUT2D eigenvalue weighted by Gasteiger charge is 2.22. The number of carbonyl (C=O) groups excluding carboxylic acids is 3. The van der Waals surface area contributed by atoms with Crippen molar-refractivity contribution in [3.05, 3.63) is 59.4 Å². The summed E-state index contributed by atoms with van der Waals surface area (Å²) in [6.07, 6.45) is 1.90. The van der Waals surface area contributed by atoms with E-state index in [-0.39, 0.29) is 24.9 Å². The molecular weight excluding hydrogens is 372 g/mol. The molecule has 1 aromatic heterocycles. The van der Waals surface area contributed by atoms with E-state index in [1.54, 1.807) is 41.4 Å². The number of carbonyl (C=O) groups is 3. The average molecular weight is 396 g/mol. The molecule has 0 bridgehead atoms. The smallest absolute Gasteiger partial charge is 0.251 e. The van der Waals surface area contributed by atoms with Crippen LogP contribution in [0, 0.1) is 0 Å². The van der Waals surface area contributed by atoms with Crippen LogP contribution in [0.15, 0.2) is 42.6 Å². The first-order chi connectivity index (χ1) is 13.9. The van der Waals surface area contributed by atoms with Crippen molar-refractivity contribution in [2.75, 3.05) is 11.4 Å². The van der Waals surface area contributed by atoms with Crippen LogP contribution in [-0.4, -0.2) is 40.5 Å². The highest BCUT2D eigenvalue weighted by atomic mass is 16.3. The minimum Gasteiger partial charge on any atom is -0.384 e. The number of amides is 3. The fourth-order valence-corrected chi connectivity index (χ4v) is 3.08. The van der Waals surface area contributed by atoms with Crippen LogP contribution in [-0.2, 0) is 22.7 Å². The van der Waals surface area contributed by atoms with Crippen molar-refractivity contribution in [1.82, 2.24) is 15.6 Å². The lowest BCUT2D eigenvalue weighted by molar-refractivity contribution is -0.128. The second-order valence-electron chi connectivity index (χ2n) is 6.93. The lowest BCUT2D eigenvalue weighted by Gasteiger charge is -2.16. The van der Waals surface area contributed by atoms with E-state index in [1.807, 2.05) is 6.07 Å². The fourth-order valence-electron chi connectivity index (χ4n) is 3.08. The van der Waals surface area contributed by atoms with Crippen LogP contribution in [0.25, 0.3) is 0 Å². The van der Waals surface area contributed by atoms with Gasteiger partial charge in [-0.25, -0.2) is 0 Å². The zero-order chi connectivity index (χ0) is 20.8. The van der Waals surface area contributed by atoms with Crippen LogP contribution >= 0.6 is 0 Å². The SMILES string of the molecule is CC(O)C(=O)NCc1ccnc(CNC(=O)c2cccc(N3CCCC3=O)c2)c1. The molecule has 8 nitrogen and oxygen atoms in total. The molecule has 29 heavy (non-hydrogen) atoms. The molecule has 3 rings (SSSR count). The number of anilines is 1. The van der Waals surface area contributed by atoms with Gasteiger partial charge in [0.15, 0.2) is 0 Å². The number of hydrogen-bond donors (Lipinski definition) is 3. The van der Waals surface area contributed by atoms with E-state index < -0.39 is 12.0 Å². The summed E-state index contributed by atoms with van der Waals surface area (Å²) in [5, 5.41) is 14.7. The van der Waals surface area contributed by atoms with Gasteiger partial charge in [0.25, 0.3) is 5.91 Å². The summed E-state index contributed by atoms with van der Waals surface area (Å²) in [4.78, 5) is 41.8. The molecular formula is C21H24N4O4. The van der Waals surface area contributed by atoms with Crippen LogP contribution < -0.4 is 15.5 Å². The minimum atomic E-state index is -1.07. The lowest BCUT2D eigenvalue weighted by atomic mass is 10.1. The van der Waals surface area contributed by atoms with Crippen molar-refractivity contribution in [2.45, 2.75) is 39.0 Å². The molecule has 1 fully saturated rings. The van der Waals surface area contributed by atoms with Gasteiger partial charge < -0.3 is 20.6 Å². The molecule has 1 saturated heterocycles. The minimum absolute atomic E-state index is 0.0752. The van der Waals surface area contributed by atoms with E-state index in [2.05, 4.69) is 15.6 Å². The Kier molecular flexibility index (Phi) is 6.56. The maximum absolute atomic E-state index is 12.5. The first-order valence-corrected chi connectivity index (χ1v) is 9.52. The molecule has 3 N–H and O–H groups in total. The summed E-state index contributed by atoms with van der Waals surface area (Å²) in [5.41, 5.74) is 2.66. The van der Waals surface area contributed by atoms with Crippen molar-refractivity contribution < 1.29 is 19.5 Å². The Hall–Kier alpha value is -3.26. The quantitative estimate of drug-likeness (QED) is 0.650. The molecule has 0 radical (unpaired) electrons. The second kappa shape index (κ2) is 9.29. The summed E-state index contributed by atoms with van der Waals surface area (Å²) in [7, 11) is 0. The van der Waals surface area contributed by atoms with Gasteiger partial charge in [0.2, 0.25) is 11.8 Å². The molecule has 1 aliphatic heterocycles. The predicted octanol–water partition coefficient (Wildman–Crippen LogP) is 1.14. The van der Waals surface area contributed by atoms with E-state index in [0.29, 0.717) is 24.2 Å². The fraction of sp³-hybridized carbons (Fsp3) is 0.333. The number of aromatic nitrogens is 1. The van der Waals surface area contributed by atoms with Gasteiger partial charge in [0.05, 0.1) is 12.2 Å². The molecule has 1 aromatic carbocycles. The van der Waals surface area contributed by atoms with E-state index in [0.717, 1.165) is 17.7 Å². The predicted molar refractivity (Wildman–Crippen MR) is 107 cm³/mol. The number of nitrogens with one attached hydrogen (secondary N) is 2. The van der Waals surface area contributed by atoms with Crippen molar-refractivity contribution in [3.63, 3.8) is 0 Å². The van der Waals surface area contributed by atoms with Gasteiger partial charge in [0.1, 0.15) is 6.10 Å².